The van der Waals surface area contributed by atoms with Crippen LogP contribution < -0.4 is 20.3 Å². The fraction of sp³-hybridized carbons (Fsp3) is 0.409. The van der Waals surface area contributed by atoms with Crippen LogP contribution in [0.2, 0.25) is 0 Å². The third kappa shape index (κ3) is 7.29. The van der Waals surface area contributed by atoms with E-state index in [1.54, 1.807) is 7.11 Å². The molecule has 1 heterocycles. The number of anilines is 1. The van der Waals surface area contributed by atoms with E-state index in [1.165, 1.54) is 17.0 Å². The first-order valence-corrected chi connectivity index (χ1v) is 10.8. The summed E-state index contributed by atoms with van der Waals surface area (Å²) in [7, 11) is 3.56. The van der Waals surface area contributed by atoms with E-state index < -0.39 is 0 Å². The van der Waals surface area contributed by atoms with E-state index in [0.717, 1.165) is 43.6 Å². The van der Waals surface area contributed by atoms with Crippen molar-refractivity contribution in [2.24, 2.45) is 10.9 Å². The molecule has 1 atom stereocenters. The number of aliphatic imine (C=N–C) groups is 1. The maximum atomic E-state index is 5.51. The van der Waals surface area contributed by atoms with Gasteiger partial charge in [-0.1, -0.05) is 30.3 Å². The van der Waals surface area contributed by atoms with Gasteiger partial charge in [0.2, 0.25) is 0 Å². The van der Waals surface area contributed by atoms with E-state index in [1.807, 2.05) is 37.0 Å². The summed E-state index contributed by atoms with van der Waals surface area (Å²) < 4.78 is 5.51. The summed E-state index contributed by atoms with van der Waals surface area (Å²) in [5.74, 6) is 3.44. The van der Waals surface area contributed by atoms with Crippen LogP contribution in [-0.4, -0.2) is 52.0 Å². The first-order valence-electron chi connectivity index (χ1n) is 9.80. The summed E-state index contributed by atoms with van der Waals surface area (Å²) in [6.07, 6.45) is 1.17. The van der Waals surface area contributed by atoms with Crippen molar-refractivity contribution in [1.82, 2.24) is 10.6 Å². The molecule has 1 fully saturated rings. The largest absolute Gasteiger partial charge is 0.495 e. The number of para-hydroxylation sites is 2. The molecule has 2 N–H and O–H groups in total. The van der Waals surface area contributed by atoms with Gasteiger partial charge in [0.15, 0.2) is 5.96 Å². The lowest BCUT2D eigenvalue weighted by molar-refractivity contribution is 0.414. The maximum Gasteiger partial charge on any atom is 0.191 e. The van der Waals surface area contributed by atoms with Gasteiger partial charge in [0.1, 0.15) is 5.75 Å². The van der Waals surface area contributed by atoms with Gasteiger partial charge in [0.25, 0.3) is 0 Å². The molecular weight excluding hydrogens is 495 g/mol. The van der Waals surface area contributed by atoms with Crippen molar-refractivity contribution in [1.29, 1.82) is 0 Å². The predicted octanol–water partition coefficient (Wildman–Crippen LogP) is 4.10. The second-order valence-electron chi connectivity index (χ2n) is 6.81. The Morgan fingerprint density at radius 1 is 1.14 bits per heavy atom. The SMILES string of the molecule is CN=C(NCCSc1ccccc1)NCC1CCN(c2ccccc2OC)C1.I. The number of nitrogens with zero attached hydrogens (tertiary/aromatic N) is 2. The monoisotopic (exact) mass is 526 g/mol. The summed E-state index contributed by atoms with van der Waals surface area (Å²) in [6.45, 7) is 3.91. The number of nitrogens with one attached hydrogen (secondary N) is 2. The van der Waals surface area contributed by atoms with E-state index >= 15 is 0 Å². The molecule has 0 aliphatic carbocycles. The number of methoxy groups -OCH3 is 1. The molecule has 0 saturated carbocycles. The zero-order chi connectivity index (χ0) is 19.6. The lowest BCUT2D eigenvalue weighted by Gasteiger charge is -2.21. The van der Waals surface area contributed by atoms with Crippen molar-refractivity contribution < 1.29 is 4.74 Å². The van der Waals surface area contributed by atoms with Gasteiger partial charge in [0, 0.05) is 43.9 Å². The Kier molecular flexibility index (Phi) is 10.5. The molecule has 1 aliphatic rings. The average molecular weight is 526 g/mol. The lowest BCUT2D eigenvalue weighted by Crippen LogP contribution is -2.41. The third-order valence-corrected chi connectivity index (χ3v) is 5.91. The number of halogens is 1. The lowest BCUT2D eigenvalue weighted by atomic mass is 10.1. The minimum absolute atomic E-state index is 0. The smallest absolute Gasteiger partial charge is 0.191 e. The van der Waals surface area contributed by atoms with Crippen molar-refractivity contribution >= 4 is 47.4 Å². The van der Waals surface area contributed by atoms with Crippen LogP contribution in [0.1, 0.15) is 6.42 Å². The topological polar surface area (TPSA) is 48.9 Å². The molecule has 1 unspecified atom stereocenters. The summed E-state index contributed by atoms with van der Waals surface area (Å²) in [5.41, 5.74) is 1.19. The van der Waals surface area contributed by atoms with E-state index in [2.05, 4.69) is 56.9 Å². The van der Waals surface area contributed by atoms with Crippen LogP contribution >= 0.6 is 35.7 Å². The number of rotatable bonds is 8. The highest BCUT2D eigenvalue weighted by Gasteiger charge is 2.24. The molecule has 0 aromatic heterocycles. The number of hydrogen-bond acceptors (Lipinski definition) is 4. The minimum atomic E-state index is 0. The number of hydrogen-bond donors (Lipinski definition) is 2. The van der Waals surface area contributed by atoms with E-state index in [9.17, 15) is 0 Å². The molecule has 5 nitrogen and oxygen atoms in total. The molecule has 1 saturated heterocycles. The Morgan fingerprint density at radius 3 is 2.66 bits per heavy atom. The number of ether oxygens (including phenoxy) is 1. The van der Waals surface area contributed by atoms with Crippen molar-refractivity contribution in [2.45, 2.75) is 11.3 Å². The van der Waals surface area contributed by atoms with Crippen LogP contribution in [0.25, 0.3) is 0 Å². The Labute approximate surface area is 195 Å². The van der Waals surface area contributed by atoms with Crippen LogP contribution in [-0.2, 0) is 0 Å². The fourth-order valence-corrected chi connectivity index (χ4v) is 4.22. The minimum Gasteiger partial charge on any atom is -0.495 e. The first kappa shape index (κ1) is 23.7. The average Bonchev–Trinajstić information content (AvgIpc) is 3.23. The van der Waals surface area contributed by atoms with Gasteiger partial charge in [-0.05, 0) is 36.6 Å². The number of benzene rings is 2. The number of thioether (sulfide) groups is 1. The highest BCUT2D eigenvalue weighted by atomic mass is 127. The summed E-state index contributed by atoms with van der Waals surface area (Å²) in [4.78, 5) is 8.06. The standard InChI is InChI=1S/C22H30N4OS.HI/c1-23-22(24-13-15-28-19-8-4-3-5-9-19)25-16-18-12-14-26(17-18)20-10-6-7-11-21(20)27-2;/h3-11,18H,12-17H2,1-2H3,(H2,23,24,25);1H. The summed E-state index contributed by atoms with van der Waals surface area (Å²) >= 11 is 1.85. The zero-order valence-electron chi connectivity index (χ0n) is 17.1. The molecule has 158 valence electrons. The van der Waals surface area contributed by atoms with Gasteiger partial charge >= 0.3 is 0 Å². The van der Waals surface area contributed by atoms with Crippen molar-refractivity contribution in [3.8, 4) is 5.75 Å². The van der Waals surface area contributed by atoms with Gasteiger partial charge < -0.3 is 20.3 Å². The number of guanidine groups is 1. The fourth-order valence-electron chi connectivity index (χ4n) is 3.43. The molecule has 0 radical (unpaired) electrons. The predicted molar refractivity (Wildman–Crippen MR) is 135 cm³/mol. The van der Waals surface area contributed by atoms with Gasteiger partial charge in [0.05, 0.1) is 12.8 Å². The molecule has 2 aromatic carbocycles. The van der Waals surface area contributed by atoms with Crippen molar-refractivity contribution in [3.05, 3.63) is 54.6 Å². The van der Waals surface area contributed by atoms with Crippen LogP contribution in [0.5, 0.6) is 5.75 Å². The van der Waals surface area contributed by atoms with Crippen LogP contribution in [0.4, 0.5) is 5.69 Å². The highest BCUT2D eigenvalue weighted by molar-refractivity contribution is 14.0. The van der Waals surface area contributed by atoms with Crippen LogP contribution in [0, 0.1) is 5.92 Å². The second kappa shape index (κ2) is 12.8. The molecule has 29 heavy (non-hydrogen) atoms. The first-order chi connectivity index (χ1) is 13.8. The highest BCUT2D eigenvalue weighted by Crippen LogP contribution is 2.31. The Morgan fingerprint density at radius 2 is 1.90 bits per heavy atom. The Hall–Kier alpha value is -1.61. The quantitative estimate of drug-likeness (QED) is 0.178. The molecule has 0 spiro atoms. The summed E-state index contributed by atoms with van der Waals surface area (Å²) in [5, 5.41) is 6.89. The molecule has 0 bridgehead atoms. The van der Waals surface area contributed by atoms with E-state index in [0.29, 0.717) is 5.92 Å². The third-order valence-electron chi connectivity index (χ3n) is 4.90. The van der Waals surface area contributed by atoms with E-state index in [4.69, 9.17) is 4.74 Å². The van der Waals surface area contributed by atoms with Gasteiger partial charge in [-0.15, -0.1) is 35.7 Å². The Bertz CT molecular complexity index is 759. The van der Waals surface area contributed by atoms with Gasteiger partial charge in [-0.2, -0.15) is 0 Å². The molecule has 2 aromatic rings. The van der Waals surface area contributed by atoms with Gasteiger partial charge in [-0.3, -0.25) is 4.99 Å². The molecule has 7 heteroatoms. The molecule has 3 rings (SSSR count). The van der Waals surface area contributed by atoms with Crippen molar-refractivity contribution in [3.63, 3.8) is 0 Å². The van der Waals surface area contributed by atoms with Crippen LogP contribution in [0.15, 0.2) is 64.5 Å². The van der Waals surface area contributed by atoms with E-state index in [-0.39, 0.29) is 24.0 Å². The molecule has 1 aliphatic heterocycles. The zero-order valence-corrected chi connectivity index (χ0v) is 20.3. The van der Waals surface area contributed by atoms with Crippen molar-refractivity contribution in [2.75, 3.05) is 51.0 Å². The molecule has 0 amide bonds. The second-order valence-corrected chi connectivity index (χ2v) is 7.98. The Balaban J connectivity index is 0.00000300. The summed E-state index contributed by atoms with van der Waals surface area (Å²) in [6, 6.07) is 18.7. The maximum absolute atomic E-state index is 5.51. The van der Waals surface area contributed by atoms with Crippen LogP contribution in [0.3, 0.4) is 0 Å². The molecular formula is C22H31IN4OS. The van der Waals surface area contributed by atoms with Gasteiger partial charge in [-0.25, -0.2) is 0 Å². The normalized spacial score (nSPS) is 16.3.